The first-order valence-corrected chi connectivity index (χ1v) is 10.4. The molecule has 0 radical (unpaired) electrons. The van der Waals surface area contributed by atoms with Gasteiger partial charge >= 0.3 is 0 Å². The monoisotopic (exact) mass is 410 g/mol. The van der Waals surface area contributed by atoms with E-state index in [2.05, 4.69) is 5.32 Å². The van der Waals surface area contributed by atoms with E-state index in [1.165, 1.54) is 13.1 Å². The van der Waals surface area contributed by atoms with Crippen molar-refractivity contribution in [2.75, 3.05) is 13.6 Å². The van der Waals surface area contributed by atoms with Gasteiger partial charge in [0.1, 0.15) is 5.75 Å². The van der Waals surface area contributed by atoms with Gasteiger partial charge in [-0.25, -0.2) is 21.5 Å². The number of halogens is 2. The third-order valence-electron chi connectivity index (χ3n) is 4.26. The summed E-state index contributed by atoms with van der Waals surface area (Å²) >= 11 is 0.968. The van der Waals surface area contributed by atoms with Gasteiger partial charge in [-0.3, -0.25) is 5.41 Å². The second-order valence-corrected chi connectivity index (χ2v) is 9.23. The number of fused-ring (bicyclic) bond motifs is 1. The molecular formula is C17H16F2N4O2S2. The van der Waals surface area contributed by atoms with Crippen molar-refractivity contribution >= 4 is 27.3 Å². The molecule has 2 heterocycles. The number of rotatable bonds is 1. The number of alkyl halides is 2. The molecule has 1 aromatic heterocycles. The Morgan fingerprint density at radius 1 is 1.37 bits per heavy atom. The molecule has 0 amide bonds. The number of hydrogen-bond donors (Lipinski definition) is 2. The maximum atomic E-state index is 14.7. The number of nitrogens with one attached hydrogen (secondary N) is 2. The fraction of sp³-hybridized carbons (Fsp3) is 0.294. The molecule has 0 aliphatic carbocycles. The second-order valence-electron chi connectivity index (χ2n) is 6.09. The van der Waals surface area contributed by atoms with E-state index in [1.54, 1.807) is 24.3 Å². The van der Waals surface area contributed by atoms with Gasteiger partial charge in [0, 0.05) is 35.3 Å². The van der Waals surface area contributed by atoms with Gasteiger partial charge in [-0.05, 0) is 23.8 Å². The molecule has 3 rings (SSSR count). The SMILES string of the molecule is CN1C(=N)NCCC(F)(F)c2cc(-c3cccc(C#N)c3)sc2CS1(=O)=O. The normalized spacial score (nSPS) is 18.9. The predicted octanol–water partition coefficient (Wildman–Crippen LogP) is 3.07. The molecule has 0 saturated heterocycles. The van der Waals surface area contributed by atoms with Crippen LogP contribution in [0.1, 0.15) is 22.4 Å². The molecule has 0 unspecified atom stereocenters. The molecule has 0 saturated carbocycles. The average molecular weight is 410 g/mol. The van der Waals surface area contributed by atoms with Crippen LogP contribution < -0.4 is 5.32 Å². The first-order valence-electron chi connectivity index (χ1n) is 7.94. The Morgan fingerprint density at radius 3 is 2.81 bits per heavy atom. The molecule has 6 nitrogen and oxygen atoms in total. The number of benzene rings is 1. The van der Waals surface area contributed by atoms with Crippen LogP contribution in [0, 0.1) is 16.7 Å². The molecular weight excluding hydrogens is 394 g/mol. The molecule has 0 spiro atoms. The minimum Gasteiger partial charge on any atom is -0.355 e. The summed E-state index contributed by atoms with van der Waals surface area (Å²) in [6, 6.07) is 9.82. The highest BCUT2D eigenvalue weighted by atomic mass is 32.2. The van der Waals surface area contributed by atoms with Crippen LogP contribution >= 0.6 is 11.3 Å². The van der Waals surface area contributed by atoms with Crippen molar-refractivity contribution in [3.05, 3.63) is 46.3 Å². The standard InChI is InChI=1S/C17H16F2N4O2S2/c1-23-16(21)22-6-5-17(18,19)13-8-14(26-15(13)10-27(23,24)25)12-4-2-3-11(7-12)9-20/h2-4,7-8H,5-6,10H2,1H3,(H2,21,22). The predicted molar refractivity (Wildman–Crippen MR) is 99.1 cm³/mol. The molecule has 2 N–H and O–H groups in total. The summed E-state index contributed by atoms with van der Waals surface area (Å²) in [7, 11) is -2.77. The highest BCUT2D eigenvalue weighted by molar-refractivity contribution is 7.89. The van der Waals surface area contributed by atoms with E-state index in [4.69, 9.17) is 10.7 Å². The molecule has 1 aliphatic heterocycles. The molecule has 0 bridgehead atoms. The summed E-state index contributed by atoms with van der Waals surface area (Å²) in [4.78, 5) is 0.510. The number of sulfonamides is 1. The molecule has 0 atom stereocenters. The quantitative estimate of drug-likeness (QED) is 0.755. The number of nitrogens with zero attached hydrogens (tertiary/aromatic N) is 2. The maximum absolute atomic E-state index is 14.7. The zero-order valence-corrected chi connectivity index (χ0v) is 15.9. The van der Waals surface area contributed by atoms with Crippen LogP contribution in [0.15, 0.2) is 30.3 Å². The lowest BCUT2D eigenvalue weighted by Crippen LogP contribution is -2.44. The lowest BCUT2D eigenvalue weighted by Gasteiger charge is -2.25. The topological polar surface area (TPSA) is 97.1 Å². The largest absolute Gasteiger partial charge is 0.355 e. The first-order chi connectivity index (χ1) is 12.6. The minimum atomic E-state index is -3.98. The lowest BCUT2D eigenvalue weighted by atomic mass is 10.0. The summed E-state index contributed by atoms with van der Waals surface area (Å²) < 4.78 is 55.3. The van der Waals surface area contributed by atoms with E-state index in [0.717, 1.165) is 15.6 Å². The van der Waals surface area contributed by atoms with Crippen LogP contribution in [-0.2, 0) is 21.7 Å². The molecule has 142 valence electrons. The minimum absolute atomic E-state index is 0.0407. The van der Waals surface area contributed by atoms with E-state index in [9.17, 15) is 17.2 Å². The molecule has 1 aliphatic rings. The third kappa shape index (κ3) is 3.79. The van der Waals surface area contributed by atoms with Crippen LogP contribution in [0.25, 0.3) is 10.4 Å². The number of nitriles is 1. The van der Waals surface area contributed by atoms with Crippen molar-refractivity contribution in [3.8, 4) is 16.5 Å². The van der Waals surface area contributed by atoms with Crippen LogP contribution in [0.5, 0.6) is 0 Å². The van der Waals surface area contributed by atoms with Crippen molar-refractivity contribution in [2.24, 2.45) is 0 Å². The van der Waals surface area contributed by atoms with Gasteiger partial charge < -0.3 is 5.32 Å². The Bertz CT molecular complexity index is 1040. The number of hydrogen-bond acceptors (Lipinski definition) is 5. The summed E-state index contributed by atoms with van der Waals surface area (Å²) in [6.45, 7) is -0.236. The van der Waals surface area contributed by atoms with E-state index in [-0.39, 0.29) is 17.0 Å². The first kappa shape index (κ1) is 19.3. The molecule has 1 aromatic carbocycles. The zero-order chi connectivity index (χ0) is 19.8. The third-order valence-corrected chi connectivity index (χ3v) is 7.29. The van der Waals surface area contributed by atoms with E-state index >= 15 is 0 Å². The van der Waals surface area contributed by atoms with Gasteiger partial charge in [0.05, 0.1) is 11.6 Å². The Kier molecular flexibility index (Phi) is 4.92. The fourth-order valence-corrected chi connectivity index (χ4v) is 5.43. The lowest BCUT2D eigenvalue weighted by molar-refractivity contribution is -0.0120. The summed E-state index contributed by atoms with van der Waals surface area (Å²) in [6.07, 6.45) is -0.565. The molecule has 0 fully saturated rings. The average Bonchev–Trinajstić information content (AvgIpc) is 3.04. The highest BCUT2D eigenvalue weighted by Gasteiger charge is 2.38. The Hall–Kier alpha value is -2.51. The molecule has 2 aromatic rings. The van der Waals surface area contributed by atoms with Crippen molar-refractivity contribution in [2.45, 2.75) is 18.1 Å². The van der Waals surface area contributed by atoms with Crippen molar-refractivity contribution in [3.63, 3.8) is 0 Å². The van der Waals surface area contributed by atoms with Crippen LogP contribution in [0.4, 0.5) is 8.78 Å². The van der Waals surface area contributed by atoms with Gasteiger partial charge in [-0.2, -0.15) is 5.26 Å². The number of guanidine groups is 1. The molecule has 27 heavy (non-hydrogen) atoms. The fourth-order valence-electron chi connectivity index (χ4n) is 2.72. The van der Waals surface area contributed by atoms with Gasteiger partial charge in [-0.15, -0.1) is 11.3 Å². The Labute approximate surface area is 159 Å². The number of thiophene rings is 1. The van der Waals surface area contributed by atoms with Crippen LogP contribution in [-0.4, -0.2) is 32.3 Å². The summed E-state index contributed by atoms with van der Waals surface area (Å²) in [5.41, 5.74) is 0.643. The molecule has 10 heteroatoms. The van der Waals surface area contributed by atoms with E-state index in [0.29, 0.717) is 16.0 Å². The Morgan fingerprint density at radius 2 is 2.11 bits per heavy atom. The summed E-state index contributed by atoms with van der Waals surface area (Å²) in [5.74, 6) is -4.30. The summed E-state index contributed by atoms with van der Waals surface area (Å²) in [5, 5.41) is 19.2. The van der Waals surface area contributed by atoms with Crippen molar-refractivity contribution in [1.82, 2.24) is 9.62 Å². The van der Waals surface area contributed by atoms with Crippen molar-refractivity contribution < 1.29 is 17.2 Å². The van der Waals surface area contributed by atoms with Gasteiger partial charge in [0.25, 0.3) is 5.92 Å². The smallest absolute Gasteiger partial charge is 0.276 e. The Balaban J connectivity index is 2.14. The second kappa shape index (κ2) is 6.90. The van der Waals surface area contributed by atoms with Gasteiger partial charge in [0.15, 0.2) is 0 Å². The van der Waals surface area contributed by atoms with Gasteiger partial charge in [-0.1, -0.05) is 12.1 Å². The maximum Gasteiger partial charge on any atom is 0.276 e. The van der Waals surface area contributed by atoms with E-state index in [1.807, 2.05) is 6.07 Å². The van der Waals surface area contributed by atoms with Gasteiger partial charge in [0.2, 0.25) is 16.0 Å². The highest BCUT2D eigenvalue weighted by Crippen LogP contribution is 2.42. The van der Waals surface area contributed by atoms with Crippen molar-refractivity contribution in [1.29, 1.82) is 10.7 Å². The van der Waals surface area contributed by atoms with Crippen LogP contribution in [0.3, 0.4) is 0 Å². The zero-order valence-electron chi connectivity index (χ0n) is 14.3. The van der Waals surface area contributed by atoms with E-state index < -0.39 is 34.1 Å². The van der Waals surface area contributed by atoms with Crippen LogP contribution in [0.2, 0.25) is 0 Å².